The van der Waals surface area contributed by atoms with Crippen LogP contribution < -0.4 is 10.6 Å². The molecule has 5 nitrogen and oxygen atoms in total. The first-order valence-corrected chi connectivity index (χ1v) is 10.0. The maximum atomic E-state index is 12.5. The molecular weight excluding hydrogens is 356 g/mol. The Labute approximate surface area is 164 Å². The highest BCUT2D eigenvalue weighted by Crippen LogP contribution is 2.25. The van der Waals surface area contributed by atoms with Crippen LogP contribution in [0.15, 0.2) is 47.8 Å². The summed E-state index contributed by atoms with van der Waals surface area (Å²) in [4.78, 5) is 13.8. The molecule has 0 spiro atoms. The SMILES string of the molecule is Cc1ccc(-n2nc(C)cc2NC(=O)CNC(c2cccs2)C(C)C)cc1. The normalized spacial score (nSPS) is 12.3. The maximum Gasteiger partial charge on any atom is 0.239 e. The minimum Gasteiger partial charge on any atom is -0.309 e. The van der Waals surface area contributed by atoms with Crippen molar-refractivity contribution in [3.8, 4) is 5.69 Å². The second kappa shape index (κ2) is 8.50. The van der Waals surface area contributed by atoms with E-state index in [1.165, 1.54) is 10.4 Å². The van der Waals surface area contributed by atoms with E-state index in [0.29, 0.717) is 11.7 Å². The molecule has 6 heteroatoms. The molecule has 0 aliphatic rings. The molecule has 0 fully saturated rings. The highest BCUT2D eigenvalue weighted by molar-refractivity contribution is 7.10. The number of nitrogens with zero attached hydrogens (tertiary/aromatic N) is 2. The summed E-state index contributed by atoms with van der Waals surface area (Å²) < 4.78 is 1.77. The summed E-state index contributed by atoms with van der Waals surface area (Å²) in [6, 6.07) is 14.3. The van der Waals surface area contributed by atoms with Crippen molar-refractivity contribution in [2.24, 2.45) is 5.92 Å². The lowest BCUT2D eigenvalue weighted by atomic mass is 10.0. The molecule has 2 aromatic heterocycles. The Hall–Kier alpha value is -2.44. The number of hydrogen-bond acceptors (Lipinski definition) is 4. The van der Waals surface area contributed by atoms with Crippen molar-refractivity contribution in [2.75, 3.05) is 11.9 Å². The van der Waals surface area contributed by atoms with Gasteiger partial charge in [-0.1, -0.05) is 37.6 Å². The largest absolute Gasteiger partial charge is 0.309 e. The highest BCUT2D eigenvalue weighted by Gasteiger charge is 2.18. The quantitative estimate of drug-likeness (QED) is 0.633. The van der Waals surface area contributed by atoms with Crippen molar-refractivity contribution in [3.05, 3.63) is 64.0 Å². The van der Waals surface area contributed by atoms with Gasteiger partial charge in [0.05, 0.1) is 17.9 Å². The summed E-state index contributed by atoms with van der Waals surface area (Å²) in [6.45, 7) is 8.53. The number of hydrogen-bond donors (Lipinski definition) is 2. The Kier molecular flexibility index (Phi) is 6.08. The molecule has 2 heterocycles. The Morgan fingerprint density at radius 2 is 1.93 bits per heavy atom. The van der Waals surface area contributed by atoms with Gasteiger partial charge >= 0.3 is 0 Å². The van der Waals surface area contributed by atoms with Crippen molar-refractivity contribution in [1.82, 2.24) is 15.1 Å². The van der Waals surface area contributed by atoms with Crippen LogP contribution in [0.2, 0.25) is 0 Å². The lowest BCUT2D eigenvalue weighted by Gasteiger charge is -2.21. The van der Waals surface area contributed by atoms with Gasteiger partial charge in [-0.25, -0.2) is 4.68 Å². The third kappa shape index (κ3) is 4.84. The molecule has 0 aliphatic carbocycles. The summed E-state index contributed by atoms with van der Waals surface area (Å²) >= 11 is 1.71. The summed E-state index contributed by atoms with van der Waals surface area (Å²) in [5, 5.41) is 12.9. The fourth-order valence-corrected chi connectivity index (χ4v) is 3.97. The number of carbonyl (C=O) groups excluding carboxylic acids is 1. The topological polar surface area (TPSA) is 59.0 Å². The molecule has 0 saturated carbocycles. The predicted molar refractivity (Wildman–Crippen MR) is 112 cm³/mol. The number of benzene rings is 1. The van der Waals surface area contributed by atoms with Crippen LogP contribution in [0.1, 0.15) is 36.0 Å². The number of anilines is 1. The van der Waals surface area contributed by atoms with Crippen molar-refractivity contribution < 1.29 is 4.79 Å². The average molecular weight is 383 g/mol. The van der Waals surface area contributed by atoms with E-state index in [1.807, 2.05) is 50.2 Å². The van der Waals surface area contributed by atoms with Gasteiger partial charge in [0.1, 0.15) is 5.82 Å². The van der Waals surface area contributed by atoms with Crippen LogP contribution in [0.4, 0.5) is 5.82 Å². The van der Waals surface area contributed by atoms with Crippen LogP contribution >= 0.6 is 11.3 Å². The van der Waals surface area contributed by atoms with Crippen LogP contribution in [0.25, 0.3) is 5.69 Å². The number of aromatic nitrogens is 2. The monoisotopic (exact) mass is 382 g/mol. The third-order valence-electron chi connectivity index (χ3n) is 4.38. The van der Waals surface area contributed by atoms with Crippen LogP contribution in [0.3, 0.4) is 0 Å². The molecule has 27 heavy (non-hydrogen) atoms. The van der Waals surface area contributed by atoms with Crippen molar-refractivity contribution in [3.63, 3.8) is 0 Å². The fraction of sp³-hybridized carbons (Fsp3) is 0.333. The van der Waals surface area contributed by atoms with Crippen molar-refractivity contribution >= 4 is 23.1 Å². The van der Waals surface area contributed by atoms with Crippen molar-refractivity contribution in [2.45, 2.75) is 33.7 Å². The minimum atomic E-state index is -0.0783. The zero-order chi connectivity index (χ0) is 19.4. The van der Waals surface area contributed by atoms with Gasteiger partial charge in [0, 0.05) is 17.0 Å². The molecule has 0 saturated heterocycles. The second-order valence-corrected chi connectivity index (χ2v) is 8.06. The van der Waals surface area contributed by atoms with E-state index in [1.54, 1.807) is 16.0 Å². The number of nitrogens with one attached hydrogen (secondary N) is 2. The Morgan fingerprint density at radius 3 is 2.56 bits per heavy atom. The molecular formula is C21H26N4OS. The first-order chi connectivity index (χ1) is 12.9. The van der Waals surface area contributed by atoms with Gasteiger partial charge in [-0.3, -0.25) is 4.79 Å². The summed E-state index contributed by atoms with van der Waals surface area (Å²) in [5.74, 6) is 1.00. The van der Waals surface area contributed by atoms with Gasteiger partial charge in [0.25, 0.3) is 0 Å². The summed E-state index contributed by atoms with van der Waals surface area (Å²) in [7, 11) is 0. The maximum absolute atomic E-state index is 12.5. The molecule has 2 N–H and O–H groups in total. The average Bonchev–Trinajstić information content (AvgIpc) is 3.26. The fourth-order valence-electron chi connectivity index (χ4n) is 2.99. The smallest absolute Gasteiger partial charge is 0.239 e. The number of aryl methyl sites for hydroxylation is 2. The summed E-state index contributed by atoms with van der Waals surface area (Å²) in [6.07, 6.45) is 0. The van der Waals surface area contributed by atoms with Gasteiger partial charge in [-0.05, 0) is 43.3 Å². The van der Waals surface area contributed by atoms with Crippen molar-refractivity contribution in [1.29, 1.82) is 0 Å². The molecule has 3 rings (SSSR count). The molecule has 1 unspecified atom stereocenters. The van der Waals surface area contributed by atoms with E-state index in [2.05, 4.69) is 41.0 Å². The standard InChI is InChI=1S/C21H26N4OS/c1-14(2)21(18-6-5-11-27-18)22-13-20(26)23-19-12-16(4)24-25(19)17-9-7-15(3)8-10-17/h5-12,14,21-22H,13H2,1-4H3,(H,23,26). The Bertz CT molecular complexity index is 882. The van der Waals surface area contributed by atoms with Crippen LogP contribution in [0, 0.1) is 19.8 Å². The highest BCUT2D eigenvalue weighted by atomic mass is 32.1. The van der Waals surface area contributed by atoms with E-state index in [-0.39, 0.29) is 18.5 Å². The second-order valence-electron chi connectivity index (χ2n) is 7.08. The lowest BCUT2D eigenvalue weighted by Crippen LogP contribution is -2.33. The van der Waals surface area contributed by atoms with E-state index in [9.17, 15) is 4.79 Å². The molecule has 0 aliphatic heterocycles. The van der Waals surface area contributed by atoms with Gasteiger partial charge in [0.2, 0.25) is 5.91 Å². The zero-order valence-electron chi connectivity index (χ0n) is 16.2. The molecule has 1 aromatic carbocycles. The van der Waals surface area contributed by atoms with Crippen LogP contribution in [-0.2, 0) is 4.79 Å². The number of rotatable bonds is 7. The van der Waals surface area contributed by atoms with Crippen LogP contribution in [-0.4, -0.2) is 22.2 Å². The first kappa shape index (κ1) is 19.3. The molecule has 142 valence electrons. The third-order valence-corrected chi connectivity index (χ3v) is 5.33. The van der Waals surface area contributed by atoms with Gasteiger partial charge in [-0.2, -0.15) is 5.10 Å². The first-order valence-electron chi connectivity index (χ1n) is 9.14. The number of thiophene rings is 1. The molecule has 1 atom stereocenters. The van der Waals surface area contributed by atoms with Crippen LogP contribution in [0.5, 0.6) is 0 Å². The number of amides is 1. The molecule has 1 amide bonds. The zero-order valence-corrected chi connectivity index (χ0v) is 17.0. The Balaban J connectivity index is 1.68. The Morgan fingerprint density at radius 1 is 1.19 bits per heavy atom. The lowest BCUT2D eigenvalue weighted by molar-refractivity contribution is -0.115. The molecule has 0 bridgehead atoms. The molecule has 0 radical (unpaired) electrons. The predicted octanol–water partition coefficient (Wildman–Crippen LogP) is 4.48. The van der Waals surface area contributed by atoms with Gasteiger partial charge in [0.15, 0.2) is 0 Å². The number of carbonyl (C=O) groups is 1. The molecule has 3 aromatic rings. The summed E-state index contributed by atoms with van der Waals surface area (Å²) in [5.41, 5.74) is 2.97. The minimum absolute atomic E-state index is 0.0783. The van der Waals surface area contributed by atoms with E-state index in [0.717, 1.165) is 11.4 Å². The van der Waals surface area contributed by atoms with Gasteiger partial charge in [-0.15, -0.1) is 11.3 Å². The van der Waals surface area contributed by atoms with E-state index < -0.39 is 0 Å². The van der Waals surface area contributed by atoms with Gasteiger partial charge < -0.3 is 10.6 Å². The van der Waals surface area contributed by atoms with E-state index in [4.69, 9.17) is 0 Å². The van der Waals surface area contributed by atoms with E-state index >= 15 is 0 Å².